The summed E-state index contributed by atoms with van der Waals surface area (Å²) in [4.78, 5) is 4.13. The number of aliphatic hydroxyl groups is 2. The molecule has 0 radical (unpaired) electrons. The van der Waals surface area contributed by atoms with Crippen LogP contribution >= 0.6 is 0 Å². The summed E-state index contributed by atoms with van der Waals surface area (Å²) in [5.74, 6) is 0. The number of hydrogen-bond donors (Lipinski definition) is 2. The second-order valence-electron chi connectivity index (χ2n) is 10.2. The van der Waals surface area contributed by atoms with Crippen LogP contribution in [0.25, 0.3) is 0 Å². The number of likely N-dealkylation sites (N-methyl/N-ethyl adjacent to an activating group) is 2. The van der Waals surface area contributed by atoms with Crippen molar-refractivity contribution in [2.24, 2.45) is 0 Å². The molecule has 0 rings (SSSR count). The van der Waals surface area contributed by atoms with Crippen molar-refractivity contribution in [2.75, 3.05) is 106 Å². The summed E-state index contributed by atoms with van der Waals surface area (Å²) in [5.41, 5.74) is 0. The molecule has 0 aromatic heterocycles. The smallest absolute Gasteiger partial charge is 0.389 e. The Hall–Kier alpha value is -0.0462. The van der Waals surface area contributed by atoms with Crippen LogP contribution in [0, 0.1) is 0 Å². The van der Waals surface area contributed by atoms with Crippen LogP contribution in [0.3, 0.4) is 0 Å². The summed E-state index contributed by atoms with van der Waals surface area (Å²) in [5, 5.41) is 20.8. The lowest BCUT2D eigenvalue weighted by atomic mass is 10.3. The number of nitrogens with zero attached hydrogens (tertiary/aromatic N) is 2. The third kappa shape index (κ3) is 20.1. The molecule has 0 heterocycles. The van der Waals surface area contributed by atoms with Crippen LogP contribution in [0.5, 0.6) is 0 Å². The summed E-state index contributed by atoms with van der Waals surface area (Å²) in [7, 11) is -1.36. The minimum Gasteiger partial charge on any atom is -0.389 e. The van der Waals surface area contributed by atoms with Crippen molar-refractivity contribution in [1.82, 2.24) is 9.80 Å². The highest BCUT2D eigenvalue weighted by Gasteiger charge is 2.40. The maximum Gasteiger partial charge on any atom is 0.501 e. The van der Waals surface area contributed by atoms with Gasteiger partial charge in [-0.2, -0.15) is 0 Å². The zero-order valence-electron chi connectivity index (χ0n) is 27.9. The van der Waals surface area contributed by atoms with E-state index in [9.17, 15) is 10.2 Å². The van der Waals surface area contributed by atoms with E-state index in [-0.39, 0.29) is 13.2 Å². The van der Waals surface area contributed by atoms with Crippen LogP contribution in [0.1, 0.15) is 54.4 Å². The number of rotatable bonds is 31. The zero-order chi connectivity index (χ0) is 31.7. The van der Waals surface area contributed by atoms with Gasteiger partial charge in [0.25, 0.3) is 0 Å². The van der Waals surface area contributed by atoms with Gasteiger partial charge in [-0.3, -0.25) is 0 Å². The number of hydrogen-bond acceptors (Lipinski definition) is 12. The van der Waals surface area contributed by atoms with Crippen molar-refractivity contribution in [3.63, 3.8) is 0 Å². The van der Waals surface area contributed by atoms with Gasteiger partial charge in [-0.05, 0) is 68.5 Å². The fraction of sp³-hybridized carbons (Fsp3) is 1.00. The molecule has 0 aliphatic carbocycles. The normalized spacial score (nSPS) is 14.3. The van der Waals surface area contributed by atoms with Gasteiger partial charge in [0.2, 0.25) is 0 Å². The lowest BCUT2D eigenvalue weighted by molar-refractivity contribution is 0.0110. The van der Waals surface area contributed by atoms with Crippen LogP contribution in [-0.4, -0.2) is 156 Å². The van der Waals surface area contributed by atoms with Crippen molar-refractivity contribution in [3.8, 4) is 0 Å². The molecule has 12 nitrogen and oxygen atoms in total. The second kappa shape index (κ2) is 26.2. The van der Waals surface area contributed by atoms with Gasteiger partial charge >= 0.3 is 17.6 Å². The highest BCUT2D eigenvalue weighted by molar-refractivity contribution is 6.61. The molecule has 254 valence electrons. The summed E-state index contributed by atoms with van der Waals surface area (Å²) in [6.07, 6.45) is 0.341. The van der Waals surface area contributed by atoms with Gasteiger partial charge in [-0.15, -0.1) is 0 Å². The molecule has 0 bridgehead atoms. The molecule has 0 fully saturated rings. The topological polar surface area (TPSA) is 121 Å². The van der Waals surface area contributed by atoms with Crippen LogP contribution in [-0.2, 0) is 36.0 Å². The Morgan fingerprint density at radius 2 is 0.810 bits per heavy atom. The van der Waals surface area contributed by atoms with Gasteiger partial charge in [-0.1, -0.05) is 0 Å². The first-order chi connectivity index (χ1) is 20.1. The van der Waals surface area contributed by atoms with Crippen molar-refractivity contribution < 1.29 is 46.2 Å². The molecular weight excluding hydrogens is 580 g/mol. The van der Waals surface area contributed by atoms with Gasteiger partial charge in [0.1, 0.15) is 0 Å². The molecule has 0 amide bonds. The van der Waals surface area contributed by atoms with E-state index in [1.54, 1.807) is 0 Å². The third-order valence-electron chi connectivity index (χ3n) is 6.26. The second-order valence-corrected chi connectivity index (χ2v) is 15.6. The predicted octanol–water partition coefficient (Wildman–Crippen LogP) is 2.48. The molecule has 0 aliphatic rings. The Labute approximate surface area is 258 Å². The first-order valence-corrected chi connectivity index (χ1v) is 19.7. The molecule has 0 saturated heterocycles. The molecule has 0 aliphatic heterocycles. The van der Waals surface area contributed by atoms with Crippen molar-refractivity contribution >= 4 is 17.6 Å². The number of aliphatic hydroxyl groups excluding tert-OH is 2. The zero-order valence-corrected chi connectivity index (χ0v) is 29.9. The van der Waals surface area contributed by atoms with E-state index in [1.807, 2.05) is 55.6 Å². The Bertz CT molecular complexity index is 531. The lowest BCUT2D eigenvalue weighted by Gasteiger charge is -2.28. The average Bonchev–Trinajstić information content (AvgIpc) is 2.92. The summed E-state index contributed by atoms with van der Waals surface area (Å²) in [6, 6.07) is 1.39. The molecule has 2 unspecified atom stereocenters. The predicted molar refractivity (Wildman–Crippen MR) is 169 cm³/mol. The van der Waals surface area contributed by atoms with E-state index in [0.717, 1.165) is 25.9 Å². The fourth-order valence-corrected chi connectivity index (χ4v) is 9.73. The SMILES string of the molecule is CCO[Si](CCCOCC(O)CN(C)CCN(C)CC(O)COCCC[Si](OCC)(OCC)OCC)(OCC)OCC. The van der Waals surface area contributed by atoms with E-state index in [2.05, 4.69) is 9.80 Å². The Morgan fingerprint density at radius 1 is 0.524 bits per heavy atom. The Morgan fingerprint density at radius 3 is 1.07 bits per heavy atom. The average molecular weight is 645 g/mol. The van der Waals surface area contributed by atoms with Crippen LogP contribution in [0.4, 0.5) is 0 Å². The summed E-state index contributed by atoms with van der Waals surface area (Å²) in [6.45, 7) is 19.1. The molecule has 0 aromatic rings. The van der Waals surface area contributed by atoms with E-state index < -0.39 is 29.8 Å². The molecule has 2 atom stereocenters. The molecule has 14 heteroatoms. The quantitative estimate of drug-likeness (QED) is 0.0852. The van der Waals surface area contributed by atoms with E-state index in [4.69, 9.17) is 36.0 Å². The van der Waals surface area contributed by atoms with E-state index >= 15 is 0 Å². The largest absolute Gasteiger partial charge is 0.501 e. The standard InChI is InChI=1S/C28H64N2O10Si2/c1-9-35-41(36-10-2,37-11-3)21-15-19-33-25-27(31)23-29(7)17-18-30(8)24-28(32)26-34-20-16-22-42(38-12-4,39-13-5)40-14-6/h27-28,31-32H,9-26H2,1-8H3. The summed E-state index contributed by atoms with van der Waals surface area (Å²) >= 11 is 0. The molecule has 42 heavy (non-hydrogen) atoms. The first-order valence-electron chi connectivity index (χ1n) is 15.9. The Balaban J connectivity index is 4.14. The maximum absolute atomic E-state index is 10.4. The van der Waals surface area contributed by atoms with Crippen molar-refractivity contribution in [3.05, 3.63) is 0 Å². The van der Waals surface area contributed by atoms with Gasteiger partial charge in [-0.25, -0.2) is 0 Å². The maximum atomic E-state index is 10.4. The van der Waals surface area contributed by atoms with Crippen molar-refractivity contribution in [2.45, 2.75) is 78.7 Å². The van der Waals surface area contributed by atoms with Gasteiger partial charge in [0.15, 0.2) is 0 Å². The van der Waals surface area contributed by atoms with E-state index in [1.165, 1.54) is 0 Å². The van der Waals surface area contributed by atoms with Crippen LogP contribution in [0.2, 0.25) is 12.1 Å². The van der Waals surface area contributed by atoms with Crippen LogP contribution in [0.15, 0.2) is 0 Å². The third-order valence-corrected chi connectivity index (χ3v) is 12.6. The highest BCUT2D eigenvalue weighted by atomic mass is 28.4. The molecule has 0 saturated carbocycles. The molecule has 0 spiro atoms. The lowest BCUT2D eigenvalue weighted by Crippen LogP contribution is -2.46. The van der Waals surface area contributed by atoms with Gasteiger partial charge < -0.3 is 56.0 Å². The minimum atomic E-state index is -2.65. The van der Waals surface area contributed by atoms with Gasteiger partial charge in [0.05, 0.1) is 25.4 Å². The monoisotopic (exact) mass is 644 g/mol. The molecule has 0 aromatic carbocycles. The molecule has 2 N–H and O–H groups in total. The van der Waals surface area contributed by atoms with E-state index in [0.29, 0.717) is 78.0 Å². The van der Waals surface area contributed by atoms with Crippen LogP contribution < -0.4 is 0 Å². The summed E-state index contributed by atoms with van der Waals surface area (Å²) < 4.78 is 46.6. The van der Waals surface area contributed by atoms with Gasteiger partial charge in [0, 0.05) is 91.1 Å². The van der Waals surface area contributed by atoms with Crippen molar-refractivity contribution in [1.29, 1.82) is 0 Å². The minimum absolute atomic E-state index is 0.270. The first kappa shape index (κ1) is 42.0. The Kier molecular flexibility index (Phi) is 26.2. The molecular formula is C28H64N2O10Si2. The number of ether oxygens (including phenoxy) is 2. The highest BCUT2D eigenvalue weighted by Crippen LogP contribution is 2.19. The fourth-order valence-electron chi connectivity index (χ4n) is 4.57.